The van der Waals surface area contributed by atoms with Crippen LogP contribution in [0.25, 0.3) is 0 Å². The van der Waals surface area contributed by atoms with Crippen molar-refractivity contribution in [3.8, 4) is 0 Å². The number of nitrogens with two attached hydrogens (primary N) is 1. The highest BCUT2D eigenvalue weighted by molar-refractivity contribution is 5.24. The summed E-state index contributed by atoms with van der Waals surface area (Å²) in [7, 11) is 0. The Morgan fingerprint density at radius 3 is 3.18 bits per heavy atom. The van der Waals surface area contributed by atoms with Crippen LogP contribution in [-0.4, -0.2) is 29.0 Å². The SMILES string of the molecule is CCCN1CCC[C@@H]2Cc3nc(N)oc3C[C@H]21. The second-order valence-corrected chi connectivity index (χ2v) is 5.34. The third kappa shape index (κ3) is 1.95. The van der Waals surface area contributed by atoms with E-state index in [0.29, 0.717) is 12.1 Å². The van der Waals surface area contributed by atoms with Crippen molar-refractivity contribution in [2.75, 3.05) is 18.8 Å². The monoisotopic (exact) mass is 235 g/mol. The van der Waals surface area contributed by atoms with Crippen molar-refractivity contribution in [3.05, 3.63) is 11.5 Å². The molecule has 2 atom stereocenters. The van der Waals surface area contributed by atoms with Crippen LogP contribution in [0.4, 0.5) is 6.01 Å². The number of rotatable bonds is 2. The van der Waals surface area contributed by atoms with Gasteiger partial charge in [-0.05, 0) is 44.7 Å². The Balaban J connectivity index is 1.83. The number of anilines is 1. The van der Waals surface area contributed by atoms with Gasteiger partial charge in [-0.25, -0.2) is 0 Å². The van der Waals surface area contributed by atoms with Crippen molar-refractivity contribution < 1.29 is 4.42 Å². The molecule has 1 aliphatic carbocycles. The molecule has 0 unspecified atom stereocenters. The maximum absolute atomic E-state index is 5.65. The van der Waals surface area contributed by atoms with Crippen molar-refractivity contribution in [3.63, 3.8) is 0 Å². The fraction of sp³-hybridized carbons (Fsp3) is 0.769. The molecule has 17 heavy (non-hydrogen) atoms. The summed E-state index contributed by atoms with van der Waals surface area (Å²) >= 11 is 0. The van der Waals surface area contributed by atoms with Gasteiger partial charge < -0.3 is 10.2 Å². The van der Waals surface area contributed by atoms with Crippen LogP contribution in [-0.2, 0) is 12.8 Å². The zero-order valence-electron chi connectivity index (χ0n) is 10.5. The van der Waals surface area contributed by atoms with Crippen molar-refractivity contribution in [1.29, 1.82) is 0 Å². The molecule has 0 radical (unpaired) electrons. The zero-order valence-corrected chi connectivity index (χ0v) is 10.5. The third-order valence-electron chi connectivity index (χ3n) is 4.19. The summed E-state index contributed by atoms with van der Waals surface area (Å²) in [5.74, 6) is 1.79. The molecule has 0 spiro atoms. The highest BCUT2D eigenvalue weighted by Crippen LogP contribution is 2.35. The Morgan fingerprint density at radius 2 is 2.35 bits per heavy atom. The van der Waals surface area contributed by atoms with E-state index in [-0.39, 0.29) is 0 Å². The normalized spacial score (nSPS) is 28.8. The van der Waals surface area contributed by atoms with Crippen LogP contribution < -0.4 is 5.73 Å². The van der Waals surface area contributed by atoms with Crippen molar-refractivity contribution in [2.45, 2.75) is 45.1 Å². The van der Waals surface area contributed by atoms with E-state index in [1.807, 2.05) is 0 Å². The van der Waals surface area contributed by atoms with Gasteiger partial charge in [-0.3, -0.25) is 4.90 Å². The quantitative estimate of drug-likeness (QED) is 0.850. The van der Waals surface area contributed by atoms with Gasteiger partial charge in [0.1, 0.15) is 5.76 Å². The largest absolute Gasteiger partial charge is 0.429 e. The zero-order chi connectivity index (χ0) is 11.8. The molecule has 3 rings (SSSR count). The summed E-state index contributed by atoms with van der Waals surface area (Å²) in [6, 6.07) is 0.999. The van der Waals surface area contributed by atoms with Gasteiger partial charge >= 0.3 is 0 Å². The molecule has 1 aromatic rings. The molecule has 2 heterocycles. The van der Waals surface area contributed by atoms with Gasteiger partial charge in [-0.2, -0.15) is 4.98 Å². The van der Waals surface area contributed by atoms with Gasteiger partial charge in [0.25, 0.3) is 6.01 Å². The molecule has 4 nitrogen and oxygen atoms in total. The molecule has 94 valence electrons. The van der Waals surface area contributed by atoms with Crippen LogP contribution in [0.3, 0.4) is 0 Å². The average molecular weight is 235 g/mol. The maximum Gasteiger partial charge on any atom is 0.292 e. The first-order chi connectivity index (χ1) is 8.28. The molecular weight excluding hydrogens is 214 g/mol. The number of hydrogen-bond acceptors (Lipinski definition) is 4. The van der Waals surface area contributed by atoms with Gasteiger partial charge in [-0.1, -0.05) is 6.92 Å². The van der Waals surface area contributed by atoms with Gasteiger partial charge in [0.05, 0.1) is 5.69 Å². The minimum Gasteiger partial charge on any atom is -0.429 e. The molecule has 1 aromatic heterocycles. The van der Waals surface area contributed by atoms with Crippen LogP contribution in [0.5, 0.6) is 0 Å². The van der Waals surface area contributed by atoms with Gasteiger partial charge in [0.2, 0.25) is 0 Å². The van der Waals surface area contributed by atoms with Gasteiger partial charge in [0.15, 0.2) is 0 Å². The van der Waals surface area contributed by atoms with Crippen molar-refractivity contribution in [2.24, 2.45) is 5.92 Å². The molecular formula is C13H21N3O. The van der Waals surface area contributed by atoms with Crippen molar-refractivity contribution >= 4 is 6.01 Å². The lowest BCUT2D eigenvalue weighted by Gasteiger charge is -2.43. The lowest BCUT2D eigenvalue weighted by molar-refractivity contribution is 0.0800. The highest BCUT2D eigenvalue weighted by Gasteiger charge is 2.37. The predicted octanol–water partition coefficient (Wildman–Crippen LogP) is 1.85. The minimum atomic E-state index is 0.343. The average Bonchev–Trinajstić information content (AvgIpc) is 2.66. The first-order valence-corrected chi connectivity index (χ1v) is 6.76. The van der Waals surface area contributed by atoms with E-state index in [9.17, 15) is 0 Å². The highest BCUT2D eigenvalue weighted by atomic mass is 16.4. The Morgan fingerprint density at radius 1 is 1.47 bits per heavy atom. The van der Waals surface area contributed by atoms with Crippen LogP contribution in [0, 0.1) is 5.92 Å². The first-order valence-electron chi connectivity index (χ1n) is 6.76. The van der Waals surface area contributed by atoms with Crippen LogP contribution in [0.1, 0.15) is 37.6 Å². The fourth-order valence-corrected chi connectivity index (χ4v) is 3.47. The fourth-order valence-electron chi connectivity index (χ4n) is 3.47. The van der Waals surface area contributed by atoms with Gasteiger partial charge in [-0.15, -0.1) is 0 Å². The molecule has 1 saturated heterocycles. The molecule has 0 aromatic carbocycles. The smallest absolute Gasteiger partial charge is 0.292 e. The summed E-state index contributed by atoms with van der Waals surface area (Å²) in [5, 5.41) is 0. The summed E-state index contributed by atoms with van der Waals surface area (Å²) in [5.41, 5.74) is 6.76. The number of oxazole rings is 1. The van der Waals surface area contributed by atoms with E-state index in [0.717, 1.165) is 30.2 Å². The number of hydrogen-bond donors (Lipinski definition) is 1. The number of nitrogen functional groups attached to an aromatic ring is 1. The summed E-state index contributed by atoms with van der Waals surface area (Å²) in [4.78, 5) is 6.94. The summed E-state index contributed by atoms with van der Waals surface area (Å²) in [6.07, 6.45) is 5.95. The standard InChI is InChI=1S/C13H21N3O/c1-2-5-16-6-3-4-9-7-10-12(8-11(9)16)17-13(14)15-10/h9,11H,2-8H2,1H3,(H2,14,15)/t9-,11-/m1/s1. The number of nitrogens with zero attached hydrogens (tertiary/aromatic N) is 2. The van der Waals surface area contributed by atoms with E-state index < -0.39 is 0 Å². The van der Waals surface area contributed by atoms with Gasteiger partial charge in [0, 0.05) is 12.5 Å². The van der Waals surface area contributed by atoms with Crippen LogP contribution >= 0.6 is 0 Å². The van der Waals surface area contributed by atoms with E-state index in [1.165, 1.54) is 32.4 Å². The van der Waals surface area contributed by atoms with E-state index >= 15 is 0 Å². The molecule has 0 amide bonds. The number of piperidine rings is 1. The molecule has 2 aliphatic rings. The van der Waals surface area contributed by atoms with E-state index in [4.69, 9.17) is 10.2 Å². The third-order valence-corrected chi connectivity index (χ3v) is 4.19. The summed E-state index contributed by atoms with van der Waals surface area (Å²) < 4.78 is 5.52. The second-order valence-electron chi connectivity index (χ2n) is 5.34. The first kappa shape index (κ1) is 11.1. The van der Waals surface area contributed by atoms with E-state index in [1.54, 1.807) is 0 Å². The molecule has 0 bridgehead atoms. The molecule has 0 saturated carbocycles. The van der Waals surface area contributed by atoms with E-state index in [2.05, 4.69) is 16.8 Å². The lowest BCUT2D eigenvalue weighted by Crippen LogP contribution is -2.49. The lowest BCUT2D eigenvalue weighted by atomic mass is 9.79. The Labute approximate surface area is 102 Å². The Bertz CT molecular complexity index is 399. The maximum atomic E-state index is 5.65. The minimum absolute atomic E-state index is 0.343. The Hall–Kier alpha value is -1.03. The summed E-state index contributed by atoms with van der Waals surface area (Å²) in [6.45, 7) is 4.71. The Kier molecular flexibility index (Phi) is 2.82. The molecule has 1 fully saturated rings. The van der Waals surface area contributed by atoms with Crippen LogP contribution in [0.15, 0.2) is 4.42 Å². The topological polar surface area (TPSA) is 55.3 Å². The second kappa shape index (κ2) is 4.33. The van der Waals surface area contributed by atoms with Crippen LogP contribution in [0.2, 0.25) is 0 Å². The number of likely N-dealkylation sites (tertiary alicyclic amines) is 1. The molecule has 2 N–H and O–H groups in total. The number of aromatic nitrogens is 1. The van der Waals surface area contributed by atoms with Crippen molar-refractivity contribution in [1.82, 2.24) is 9.88 Å². The molecule has 1 aliphatic heterocycles. The molecule has 4 heteroatoms. The number of fused-ring (bicyclic) bond motifs is 2. The predicted molar refractivity (Wildman–Crippen MR) is 66.7 cm³/mol.